The van der Waals surface area contributed by atoms with Gasteiger partial charge in [-0.05, 0) is 54.7 Å². The number of hydrogen-bond donors (Lipinski definition) is 0. The molecule has 3 heteroatoms. The molecule has 0 fully saturated rings. The summed E-state index contributed by atoms with van der Waals surface area (Å²) in [4.78, 5) is 13.9. The molecule has 0 amide bonds. The van der Waals surface area contributed by atoms with Crippen LogP contribution in [0.2, 0.25) is 0 Å². The lowest BCUT2D eigenvalue weighted by atomic mass is 10.1. The average molecular weight is 317 g/mol. The number of carbonyl (C=O) groups is 1. The average Bonchev–Trinajstić information content (AvgIpc) is 2.18. The predicted molar refractivity (Wildman–Crippen MR) is 71.3 cm³/mol. The van der Waals surface area contributed by atoms with E-state index in [1.54, 1.807) is 0 Å². The standard InChI is InChI=1S/C12H16INO/c1-3-8-14(2)9-12(15)10-4-6-11(13)7-5-10/h4-7H,3,8-9H2,1-2H3. The normalized spacial score (nSPS) is 10.7. The van der Waals surface area contributed by atoms with E-state index in [1.165, 1.54) is 0 Å². The van der Waals surface area contributed by atoms with Crippen LogP contribution in [0.25, 0.3) is 0 Å². The van der Waals surface area contributed by atoms with E-state index in [1.807, 2.05) is 31.3 Å². The second-order valence-electron chi connectivity index (χ2n) is 3.67. The largest absolute Gasteiger partial charge is 0.299 e. The molecular formula is C12H16INO. The fraction of sp³-hybridized carbons (Fsp3) is 0.417. The molecule has 0 saturated carbocycles. The first kappa shape index (κ1) is 12.6. The Balaban J connectivity index is 2.57. The van der Waals surface area contributed by atoms with E-state index in [0.29, 0.717) is 6.54 Å². The quantitative estimate of drug-likeness (QED) is 0.615. The van der Waals surface area contributed by atoms with Crippen molar-refractivity contribution >= 4 is 28.4 Å². The molecule has 0 aliphatic carbocycles. The maximum Gasteiger partial charge on any atom is 0.176 e. The third kappa shape index (κ3) is 4.30. The summed E-state index contributed by atoms with van der Waals surface area (Å²) in [6.45, 7) is 3.59. The SMILES string of the molecule is CCCN(C)CC(=O)c1ccc(I)cc1. The molecule has 0 radical (unpaired) electrons. The van der Waals surface area contributed by atoms with Gasteiger partial charge in [0.25, 0.3) is 0 Å². The van der Waals surface area contributed by atoms with Crippen LogP contribution in [0, 0.1) is 3.57 Å². The predicted octanol–water partition coefficient (Wildman–Crippen LogP) is 2.82. The van der Waals surface area contributed by atoms with Crippen molar-refractivity contribution in [1.29, 1.82) is 0 Å². The summed E-state index contributed by atoms with van der Waals surface area (Å²) >= 11 is 2.24. The van der Waals surface area contributed by atoms with Crippen LogP contribution in [0.5, 0.6) is 0 Å². The molecule has 0 spiro atoms. The molecule has 0 saturated heterocycles. The molecule has 0 heterocycles. The van der Waals surface area contributed by atoms with Crippen molar-refractivity contribution in [2.75, 3.05) is 20.1 Å². The summed E-state index contributed by atoms with van der Waals surface area (Å²) in [7, 11) is 1.98. The fourth-order valence-electron chi connectivity index (χ4n) is 1.43. The van der Waals surface area contributed by atoms with Crippen LogP contribution >= 0.6 is 22.6 Å². The monoisotopic (exact) mass is 317 g/mol. The van der Waals surface area contributed by atoms with Gasteiger partial charge in [-0.2, -0.15) is 0 Å². The number of Topliss-reactive ketones (excluding diaryl/α,β-unsaturated/α-hetero) is 1. The highest BCUT2D eigenvalue weighted by Gasteiger charge is 2.08. The molecule has 1 rings (SSSR count). The van der Waals surface area contributed by atoms with Gasteiger partial charge in [-0.3, -0.25) is 9.69 Å². The van der Waals surface area contributed by atoms with Crippen LogP contribution < -0.4 is 0 Å². The maximum atomic E-state index is 11.8. The molecule has 0 aromatic heterocycles. The first-order valence-electron chi connectivity index (χ1n) is 5.10. The van der Waals surface area contributed by atoms with E-state index in [0.717, 1.165) is 22.1 Å². The van der Waals surface area contributed by atoms with E-state index in [4.69, 9.17) is 0 Å². The molecular weight excluding hydrogens is 301 g/mol. The third-order valence-corrected chi connectivity index (χ3v) is 2.90. The van der Waals surface area contributed by atoms with Crippen molar-refractivity contribution in [3.8, 4) is 0 Å². The summed E-state index contributed by atoms with van der Waals surface area (Å²) in [6, 6.07) is 7.72. The smallest absolute Gasteiger partial charge is 0.176 e. The van der Waals surface area contributed by atoms with Crippen LogP contribution in [0.15, 0.2) is 24.3 Å². The fourth-order valence-corrected chi connectivity index (χ4v) is 1.79. The summed E-state index contributed by atoms with van der Waals surface area (Å²) in [5, 5.41) is 0. The number of likely N-dealkylation sites (N-methyl/N-ethyl adjacent to an activating group) is 1. The Morgan fingerprint density at radius 1 is 1.33 bits per heavy atom. The number of halogens is 1. The number of hydrogen-bond acceptors (Lipinski definition) is 2. The Morgan fingerprint density at radius 3 is 2.47 bits per heavy atom. The van der Waals surface area contributed by atoms with E-state index in [2.05, 4.69) is 34.4 Å². The van der Waals surface area contributed by atoms with Crippen molar-refractivity contribution in [1.82, 2.24) is 4.90 Å². The summed E-state index contributed by atoms with van der Waals surface area (Å²) in [5.74, 6) is 0.197. The van der Waals surface area contributed by atoms with Crippen molar-refractivity contribution in [3.05, 3.63) is 33.4 Å². The Bertz CT molecular complexity index is 321. The number of nitrogens with zero attached hydrogens (tertiary/aromatic N) is 1. The van der Waals surface area contributed by atoms with Gasteiger partial charge in [-0.25, -0.2) is 0 Å². The highest BCUT2D eigenvalue weighted by Crippen LogP contribution is 2.07. The number of ketones is 1. The molecule has 0 N–H and O–H groups in total. The number of carbonyl (C=O) groups excluding carboxylic acids is 1. The summed E-state index contributed by atoms with van der Waals surface area (Å²) in [6.07, 6.45) is 1.08. The van der Waals surface area contributed by atoms with Crippen molar-refractivity contribution in [2.45, 2.75) is 13.3 Å². The Morgan fingerprint density at radius 2 is 1.93 bits per heavy atom. The van der Waals surface area contributed by atoms with E-state index in [9.17, 15) is 4.79 Å². The zero-order valence-corrected chi connectivity index (χ0v) is 11.3. The Labute approximate surface area is 105 Å². The zero-order valence-electron chi connectivity index (χ0n) is 9.16. The van der Waals surface area contributed by atoms with Crippen molar-refractivity contribution < 1.29 is 4.79 Å². The maximum absolute atomic E-state index is 11.8. The lowest BCUT2D eigenvalue weighted by Gasteiger charge is -2.14. The molecule has 15 heavy (non-hydrogen) atoms. The molecule has 82 valence electrons. The van der Waals surface area contributed by atoms with Gasteiger partial charge in [0.1, 0.15) is 0 Å². The topological polar surface area (TPSA) is 20.3 Å². The minimum Gasteiger partial charge on any atom is -0.299 e. The van der Waals surface area contributed by atoms with Gasteiger partial charge in [0.2, 0.25) is 0 Å². The van der Waals surface area contributed by atoms with Crippen LogP contribution in [-0.2, 0) is 0 Å². The molecule has 2 nitrogen and oxygen atoms in total. The highest BCUT2D eigenvalue weighted by molar-refractivity contribution is 14.1. The van der Waals surface area contributed by atoms with Crippen molar-refractivity contribution in [3.63, 3.8) is 0 Å². The van der Waals surface area contributed by atoms with Gasteiger partial charge in [0, 0.05) is 9.13 Å². The molecule has 0 atom stereocenters. The van der Waals surface area contributed by atoms with Gasteiger partial charge in [0.05, 0.1) is 6.54 Å². The zero-order chi connectivity index (χ0) is 11.3. The van der Waals surface area contributed by atoms with E-state index < -0.39 is 0 Å². The molecule has 0 unspecified atom stereocenters. The van der Waals surface area contributed by atoms with Gasteiger partial charge in [-0.1, -0.05) is 19.1 Å². The van der Waals surface area contributed by atoms with Crippen LogP contribution in [0.1, 0.15) is 23.7 Å². The molecule has 0 aliphatic rings. The van der Waals surface area contributed by atoms with Crippen LogP contribution in [0.4, 0.5) is 0 Å². The minimum atomic E-state index is 0.197. The molecule has 1 aromatic carbocycles. The van der Waals surface area contributed by atoms with Gasteiger partial charge in [0.15, 0.2) is 5.78 Å². The highest BCUT2D eigenvalue weighted by atomic mass is 127. The second-order valence-corrected chi connectivity index (χ2v) is 4.91. The van der Waals surface area contributed by atoms with E-state index in [-0.39, 0.29) is 5.78 Å². The lowest BCUT2D eigenvalue weighted by Crippen LogP contribution is -2.26. The minimum absolute atomic E-state index is 0.197. The number of benzene rings is 1. The first-order chi connectivity index (χ1) is 7.13. The van der Waals surface area contributed by atoms with Gasteiger partial charge < -0.3 is 0 Å². The van der Waals surface area contributed by atoms with E-state index >= 15 is 0 Å². The first-order valence-corrected chi connectivity index (χ1v) is 6.18. The molecule has 1 aromatic rings. The van der Waals surface area contributed by atoms with Crippen LogP contribution in [-0.4, -0.2) is 30.8 Å². The lowest BCUT2D eigenvalue weighted by molar-refractivity contribution is 0.0946. The summed E-state index contributed by atoms with van der Waals surface area (Å²) < 4.78 is 1.16. The Hall–Kier alpha value is -0.420. The van der Waals surface area contributed by atoms with Gasteiger partial charge >= 0.3 is 0 Å². The third-order valence-electron chi connectivity index (χ3n) is 2.19. The van der Waals surface area contributed by atoms with Gasteiger partial charge in [-0.15, -0.1) is 0 Å². The Kier molecular flexibility index (Phi) is 5.25. The second kappa shape index (κ2) is 6.23. The van der Waals surface area contributed by atoms with Crippen molar-refractivity contribution in [2.24, 2.45) is 0 Å². The van der Waals surface area contributed by atoms with Crippen LogP contribution in [0.3, 0.4) is 0 Å². The number of rotatable bonds is 5. The summed E-state index contributed by atoms with van der Waals surface area (Å²) in [5.41, 5.74) is 0.804. The molecule has 0 bridgehead atoms. The molecule has 0 aliphatic heterocycles.